The van der Waals surface area contributed by atoms with E-state index in [0.29, 0.717) is 41.5 Å². The molecule has 1 aliphatic heterocycles. The van der Waals surface area contributed by atoms with Gasteiger partial charge in [0.15, 0.2) is 11.6 Å². The fourth-order valence-corrected chi connectivity index (χ4v) is 3.53. The smallest absolute Gasteiger partial charge is 0.233 e. The highest BCUT2D eigenvalue weighted by Gasteiger charge is 2.33. The van der Waals surface area contributed by atoms with Crippen LogP contribution < -0.4 is 5.32 Å². The van der Waals surface area contributed by atoms with Crippen LogP contribution in [0.25, 0.3) is 22.8 Å². The summed E-state index contributed by atoms with van der Waals surface area (Å²) in [5, 5.41) is 6.88. The van der Waals surface area contributed by atoms with Crippen molar-refractivity contribution < 1.29 is 13.7 Å². The number of halogens is 1. The maximum atomic E-state index is 13.9. The highest BCUT2D eigenvalue weighted by atomic mass is 19.1. The summed E-state index contributed by atoms with van der Waals surface area (Å²) in [5.41, 5.74) is 2.24. The number of likely N-dealkylation sites (N-methyl/N-ethyl adjacent to an activating group) is 1. The van der Waals surface area contributed by atoms with E-state index in [1.54, 1.807) is 42.4 Å². The molecule has 32 heavy (non-hydrogen) atoms. The molecular weight excluding hydrogens is 413 g/mol. The average molecular weight is 431 g/mol. The number of hydrogen-bond donors (Lipinski definition) is 1. The molecule has 1 saturated heterocycles. The minimum absolute atomic E-state index is 0.0276. The molecule has 1 aliphatic rings. The largest absolute Gasteiger partial charge is 0.360 e. The number of carbonyl (C=O) groups is 1. The van der Waals surface area contributed by atoms with E-state index in [-0.39, 0.29) is 23.6 Å². The van der Waals surface area contributed by atoms with Gasteiger partial charge in [0.2, 0.25) is 11.9 Å². The Bertz CT molecular complexity index is 1290. The molecule has 160 valence electrons. The Kier molecular flexibility index (Phi) is 5.02. The number of nitrogens with one attached hydrogen (secondary N) is 1. The van der Waals surface area contributed by atoms with Crippen LogP contribution in [0.5, 0.6) is 0 Å². The van der Waals surface area contributed by atoms with Crippen LogP contribution in [0.3, 0.4) is 0 Å². The van der Waals surface area contributed by atoms with Crippen molar-refractivity contribution in [3.05, 3.63) is 66.4 Å². The molecule has 10 heteroatoms. The lowest BCUT2D eigenvalue weighted by molar-refractivity contribution is -0.128. The minimum atomic E-state index is -0.504. The molecule has 0 saturated carbocycles. The second kappa shape index (κ2) is 8.14. The first-order valence-electron chi connectivity index (χ1n) is 9.98. The van der Waals surface area contributed by atoms with Crippen molar-refractivity contribution >= 4 is 17.7 Å². The molecule has 0 spiro atoms. The van der Waals surface area contributed by atoms with Gasteiger partial charge in [-0.15, -0.1) is 0 Å². The van der Waals surface area contributed by atoms with Gasteiger partial charge in [-0.05, 0) is 36.8 Å². The Morgan fingerprint density at radius 2 is 1.84 bits per heavy atom. The third-order valence-electron chi connectivity index (χ3n) is 5.22. The lowest BCUT2D eigenvalue weighted by Crippen LogP contribution is -2.21. The van der Waals surface area contributed by atoms with Crippen LogP contribution in [0.15, 0.2) is 59.4 Å². The number of likely N-dealkylation sites (tertiary alicyclic amines) is 1. The molecule has 0 aliphatic carbocycles. The van der Waals surface area contributed by atoms with Gasteiger partial charge in [0, 0.05) is 32.1 Å². The van der Waals surface area contributed by atoms with Crippen LogP contribution in [-0.2, 0) is 4.79 Å². The fraction of sp³-hybridized carbons (Fsp3) is 0.182. The highest BCUT2D eigenvalue weighted by molar-refractivity contribution is 5.85. The van der Waals surface area contributed by atoms with Gasteiger partial charge in [0.05, 0.1) is 17.1 Å². The average Bonchev–Trinajstić information content (AvgIpc) is 3.43. The second-order valence-electron chi connectivity index (χ2n) is 7.35. The van der Waals surface area contributed by atoms with Crippen molar-refractivity contribution in [1.82, 2.24) is 30.0 Å². The second-order valence-corrected chi connectivity index (χ2v) is 7.35. The predicted octanol–water partition coefficient (Wildman–Crippen LogP) is 3.42. The highest BCUT2D eigenvalue weighted by Crippen LogP contribution is 2.30. The van der Waals surface area contributed by atoms with Crippen LogP contribution in [0, 0.1) is 5.82 Å². The van der Waals surface area contributed by atoms with Gasteiger partial charge in [-0.25, -0.2) is 24.3 Å². The van der Waals surface area contributed by atoms with Crippen molar-refractivity contribution in [1.29, 1.82) is 0 Å². The number of nitrogens with zero attached hydrogens (tertiary/aromatic N) is 6. The number of aromatic nitrogens is 5. The fourth-order valence-electron chi connectivity index (χ4n) is 3.53. The topological polar surface area (TPSA) is 110 Å². The van der Waals surface area contributed by atoms with Gasteiger partial charge in [0.25, 0.3) is 0 Å². The van der Waals surface area contributed by atoms with Crippen molar-refractivity contribution in [2.45, 2.75) is 12.3 Å². The Morgan fingerprint density at radius 1 is 1.03 bits per heavy atom. The maximum Gasteiger partial charge on any atom is 0.233 e. The molecule has 0 radical (unpaired) electrons. The Morgan fingerprint density at radius 3 is 2.62 bits per heavy atom. The van der Waals surface area contributed by atoms with Crippen LogP contribution in [0.2, 0.25) is 0 Å². The lowest BCUT2D eigenvalue weighted by Gasteiger charge is -2.07. The first kappa shape index (κ1) is 19.7. The number of amides is 1. The Balaban J connectivity index is 1.40. The zero-order chi connectivity index (χ0) is 22.1. The van der Waals surface area contributed by atoms with Crippen LogP contribution >= 0.6 is 0 Å². The number of pyridine rings is 2. The van der Waals surface area contributed by atoms with E-state index >= 15 is 0 Å². The number of anilines is 2. The molecule has 9 nitrogen and oxygen atoms in total. The molecule has 0 unspecified atom stereocenters. The van der Waals surface area contributed by atoms with Crippen molar-refractivity contribution in [2.24, 2.45) is 0 Å². The quantitative estimate of drug-likeness (QED) is 0.512. The molecule has 4 aromatic heterocycles. The van der Waals surface area contributed by atoms with E-state index in [1.165, 1.54) is 18.3 Å². The van der Waals surface area contributed by atoms with Crippen molar-refractivity contribution in [3.8, 4) is 22.8 Å². The maximum absolute atomic E-state index is 13.9. The van der Waals surface area contributed by atoms with Gasteiger partial charge in [-0.2, -0.15) is 0 Å². The van der Waals surface area contributed by atoms with Crippen LogP contribution in [-0.4, -0.2) is 49.5 Å². The molecule has 1 fully saturated rings. The zero-order valence-corrected chi connectivity index (χ0v) is 17.1. The summed E-state index contributed by atoms with van der Waals surface area (Å²) in [6, 6.07) is 11.7. The van der Waals surface area contributed by atoms with E-state index in [9.17, 15) is 9.18 Å². The SMILES string of the molecule is CN1CC[C@@H](c2cc(-c3cccc(-c4ccnc(Nc5ncccc5F)n4)n3)no2)C1=O. The number of hydrogen-bond acceptors (Lipinski definition) is 8. The van der Waals surface area contributed by atoms with Gasteiger partial charge in [-0.1, -0.05) is 11.2 Å². The minimum Gasteiger partial charge on any atom is -0.360 e. The summed E-state index contributed by atoms with van der Waals surface area (Å²) < 4.78 is 19.3. The number of rotatable bonds is 5. The summed E-state index contributed by atoms with van der Waals surface area (Å²) in [4.78, 5) is 31.0. The molecule has 4 aromatic rings. The van der Waals surface area contributed by atoms with Gasteiger partial charge in [0.1, 0.15) is 17.4 Å². The summed E-state index contributed by atoms with van der Waals surface area (Å²) in [7, 11) is 1.78. The molecule has 0 bridgehead atoms. The van der Waals surface area contributed by atoms with E-state index in [4.69, 9.17) is 4.52 Å². The van der Waals surface area contributed by atoms with Crippen LogP contribution in [0.1, 0.15) is 18.1 Å². The molecule has 1 N–H and O–H groups in total. The summed E-state index contributed by atoms with van der Waals surface area (Å²) >= 11 is 0. The zero-order valence-electron chi connectivity index (χ0n) is 17.1. The van der Waals surface area contributed by atoms with E-state index in [2.05, 4.69) is 30.4 Å². The third kappa shape index (κ3) is 3.78. The summed E-state index contributed by atoms with van der Waals surface area (Å²) in [6.45, 7) is 0.694. The molecule has 5 rings (SSSR count). The first-order chi connectivity index (χ1) is 15.6. The van der Waals surface area contributed by atoms with Crippen molar-refractivity contribution in [3.63, 3.8) is 0 Å². The van der Waals surface area contributed by atoms with E-state index < -0.39 is 5.82 Å². The van der Waals surface area contributed by atoms with E-state index in [1.807, 2.05) is 6.07 Å². The summed E-state index contributed by atoms with van der Waals surface area (Å²) in [6.07, 6.45) is 3.73. The van der Waals surface area contributed by atoms with Gasteiger partial charge < -0.3 is 14.7 Å². The predicted molar refractivity (Wildman–Crippen MR) is 113 cm³/mol. The molecular formula is C22H18FN7O2. The molecule has 1 atom stereocenters. The monoisotopic (exact) mass is 431 g/mol. The van der Waals surface area contributed by atoms with E-state index in [0.717, 1.165) is 0 Å². The van der Waals surface area contributed by atoms with Crippen LogP contribution in [0.4, 0.5) is 16.2 Å². The van der Waals surface area contributed by atoms with Gasteiger partial charge in [-0.3, -0.25) is 4.79 Å². The normalized spacial score (nSPS) is 15.9. The summed E-state index contributed by atoms with van der Waals surface area (Å²) in [5.74, 6) is -0.0250. The lowest BCUT2D eigenvalue weighted by atomic mass is 10.0. The Hall–Kier alpha value is -4.21. The molecule has 0 aromatic carbocycles. The van der Waals surface area contributed by atoms with Crippen molar-refractivity contribution in [2.75, 3.05) is 18.9 Å². The standard InChI is InChI=1S/C22H18FN7O2/c1-30-11-8-13(21(30)31)19-12-18(29-32-19)16-6-2-5-15(26-16)17-7-10-25-22(27-17)28-20-14(23)4-3-9-24-20/h2-7,9-10,12-13H,8,11H2,1H3,(H,24,25,27,28)/t13-/m0/s1. The first-order valence-corrected chi connectivity index (χ1v) is 9.98. The molecule has 5 heterocycles. The van der Waals surface area contributed by atoms with Gasteiger partial charge >= 0.3 is 0 Å². The molecule has 1 amide bonds. The third-order valence-corrected chi connectivity index (χ3v) is 5.22. The Labute approximate surface area is 182 Å². The number of carbonyl (C=O) groups excluding carboxylic acids is 1.